The molecular weight excluding hydrogens is 306 g/mol. The largest absolute Gasteiger partial charge is 0.478 e. The molecule has 0 spiro atoms. The smallest absolute Gasteiger partial charge is 0.328 e. The Labute approximate surface area is 122 Å². The number of carboxylic acids is 1. The molecule has 1 saturated heterocycles. The number of hydrogen-bond acceptors (Lipinski definition) is 2. The fourth-order valence-electron chi connectivity index (χ4n) is 2.49. The third kappa shape index (κ3) is 3.60. The summed E-state index contributed by atoms with van der Waals surface area (Å²) < 4.78 is 0.965. The van der Waals surface area contributed by atoms with Crippen LogP contribution in [0.4, 0.5) is 5.69 Å². The first-order chi connectivity index (χ1) is 9.10. The van der Waals surface area contributed by atoms with Crippen molar-refractivity contribution in [1.29, 1.82) is 0 Å². The monoisotopic (exact) mass is 323 g/mol. The Bertz CT molecular complexity index is 499. The van der Waals surface area contributed by atoms with E-state index in [4.69, 9.17) is 5.11 Å². The molecule has 4 heteroatoms. The van der Waals surface area contributed by atoms with Crippen molar-refractivity contribution >= 4 is 33.7 Å². The molecule has 0 bridgehead atoms. The summed E-state index contributed by atoms with van der Waals surface area (Å²) in [5.41, 5.74) is 2.07. The van der Waals surface area contributed by atoms with Crippen LogP contribution in [0.15, 0.2) is 28.7 Å². The van der Waals surface area contributed by atoms with Crippen molar-refractivity contribution in [1.82, 2.24) is 0 Å². The summed E-state index contributed by atoms with van der Waals surface area (Å²) in [6.45, 7) is 4.33. The first kappa shape index (κ1) is 14.1. The zero-order valence-electron chi connectivity index (χ0n) is 11.0. The van der Waals surface area contributed by atoms with Gasteiger partial charge in [0.15, 0.2) is 0 Å². The van der Waals surface area contributed by atoms with Gasteiger partial charge >= 0.3 is 5.97 Å². The summed E-state index contributed by atoms with van der Waals surface area (Å²) in [5, 5.41) is 8.77. The fraction of sp³-hybridized carbons (Fsp3) is 0.400. The Hall–Kier alpha value is -1.29. The Morgan fingerprint density at radius 3 is 3.00 bits per heavy atom. The molecule has 1 aromatic carbocycles. The molecule has 0 aliphatic carbocycles. The van der Waals surface area contributed by atoms with Crippen molar-refractivity contribution in [3.05, 3.63) is 34.3 Å². The molecule has 1 N–H and O–H groups in total. The molecule has 0 radical (unpaired) electrons. The van der Waals surface area contributed by atoms with Gasteiger partial charge in [-0.2, -0.15) is 0 Å². The number of nitrogens with zero attached hydrogens (tertiary/aromatic N) is 1. The molecule has 0 amide bonds. The lowest BCUT2D eigenvalue weighted by Gasteiger charge is -2.21. The third-order valence-electron chi connectivity index (χ3n) is 3.60. The highest BCUT2D eigenvalue weighted by Gasteiger charge is 2.22. The fourth-order valence-corrected chi connectivity index (χ4v) is 2.87. The van der Waals surface area contributed by atoms with Crippen molar-refractivity contribution in [3.63, 3.8) is 0 Å². The van der Waals surface area contributed by atoms with Gasteiger partial charge in [0.25, 0.3) is 0 Å². The normalized spacial score (nSPS) is 19.3. The number of benzene rings is 1. The van der Waals surface area contributed by atoms with E-state index in [0.29, 0.717) is 0 Å². The van der Waals surface area contributed by atoms with Crippen molar-refractivity contribution in [2.45, 2.75) is 19.8 Å². The highest BCUT2D eigenvalue weighted by molar-refractivity contribution is 9.10. The predicted octanol–water partition coefficient (Wildman–Crippen LogP) is 3.78. The zero-order valence-corrected chi connectivity index (χ0v) is 12.6. The van der Waals surface area contributed by atoms with Crippen molar-refractivity contribution in [3.8, 4) is 0 Å². The standard InChI is InChI=1S/C15H18BrNO2/c1-2-11-7-8-17(10-11)14-5-4-13(16)9-12(14)3-6-15(18)19/h3-6,9,11H,2,7-8,10H2,1H3,(H,18,19)/b6-3+. The van der Waals surface area contributed by atoms with Crippen molar-refractivity contribution < 1.29 is 9.90 Å². The van der Waals surface area contributed by atoms with E-state index in [-0.39, 0.29) is 0 Å². The van der Waals surface area contributed by atoms with E-state index in [1.165, 1.54) is 18.9 Å². The number of halogens is 1. The number of hydrogen-bond donors (Lipinski definition) is 1. The summed E-state index contributed by atoms with van der Waals surface area (Å²) >= 11 is 3.44. The van der Waals surface area contributed by atoms with E-state index in [9.17, 15) is 4.79 Å². The number of anilines is 1. The minimum Gasteiger partial charge on any atom is -0.478 e. The molecule has 2 rings (SSSR count). The summed E-state index contributed by atoms with van der Waals surface area (Å²) in [5.74, 6) is -0.168. The number of rotatable bonds is 4. The van der Waals surface area contributed by atoms with Crippen LogP contribution in [0, 0.1) is 5.92 Å². The van der Waals surface area contributed by atoms with Crippen LogP contribution in [-0.4, -0.2) is 24.2 Å². The van der Waals surface area contributed by atoms with Gasteiger partial charge in [0.1, 0.15) is 0 Å². The van der Waals surface area contributed by atoms with Crippen LogP contribution in [0.1, 0.15) is 25.3 Å². The van der Waals surface area contributed by atoms with E-state index in [2.05, 4.69) is 33.8 Å². The van der Waals surface area contributed by atoms with Crippen LogP contribution in [-0.2, 0) is 4.79 Å². The van der Waals surface area contributed by atoms with Crippen molar-refractivity contribution in [2.75, 3.05) is 18.0 Å². The van der Waals surface area contributed by atoms with Gasteiger partial charge in [-0.05, 0) is 42.2 Å². The van der Waals surface area contributed by atoms with Gasteiger partial charge in [-0.15, -0.1) is 0 Å². The second-order valence-electron chi connectivity index (χ2n) is 4.88. The highest BCUT2D eigenvalue weighted by Crippen LogP contribution is 2.31. The Balaban J connectivity index is 2.27. The van der Waals surface area contributed by atoms with E-state index in [1.54, 1.807) is 6.08 Å². The Morgan fingerprint density at radius 1 is 1.58 bits per heavy atom. The average Bonchev–Trinajstić information content (AvgIpc) is 2.85. The molecule has 1 aromatic rings. The van der Waals surface area contributed by atoms with Crippen LogP contribution in [0.3, 0.4) is 0 Å². The van der Waals surface area contributed by atoms with Crippen LogP contribution < -0.4 is 4.90 Å². The van der Waals surface area contributed by atoms with Gasteiger partial charge in [-0.25, -0.2) is 4.79 Å². The lowest BCUT2D eigenvalue weighted by atomic mass is 10.1. The maximum Gasteiger partial charge on any atom is 0.328 e. The molecule has 1 fully saturated rings. The van der Waals surface area contributed by atoms with Crippen LogP contribution in [0.5, 0.6) is 0 Å². The second kappa shape index (κ2) is 6.24. The summed E-state index contributed by atoms with van der Waals surface area (Å²) in [4.78, 5) is 13.0. The predicted molar refractivity (Wildman–Crippen MR) is 81.4 cm³/mol. The average molecular weight is 324 g/mol. The number of carbonyl (C=O) groups is 1. The summed E-state index contributed by atoms with van der Waals surface area (Å²) in [6, 6.07) is 6.03. The molecule has 0 saturated carbocycles. The molecule has 0 aromatic heterocycles. The summed E-state index contributed by atoms with van der Waals surface area (Å²) in [7, 11) is 0. The maximum absolute atomic E-state index is 10.7. The quantitative estimate of drug-likeness (QED) is 0.857. The Morgan fingerprint density at radius 2 is 2.37 bits per heavy atom. The lowest BCUT2D eigenvalue weighted by Crippen LogP contribution is -2.20. The van der Waals surface area contributed by atoms with Crippen molar-refractivity contribution in [2.24, 2.45) is 5.92 Å². The molecule has 1 aliphatic rings. The summed E-state index contributed by atoms with van der Waals surface area (Å²) in [6.07, 6.45) is 5.28. The van der Waals surface area contributed by atoms with E-state index in [0.717, 1.165) is 34.7 Å². The first-order valence-corrected chi connectivity index (χ1v) is 7.35. The van der Waals surface area contributed by atoms with Gasteiger partial charge in [0.2, 0.25) is 0 Å². The molecule has 1 aliphatic heterocycles. The third-order valence-corrected chi connectivity index (χ3v) is 4.09. The minimum atomic E-state index is -0.918. The minimum absolute atomic E-state index is 0.750. The molecule has 1 unspecified atom stereocenters. The first-order valence-electron chi connectivity index (χ1n) is 6.55. The van der Waals surface area contributed by atoms with Crippen LogP contribution in [0.25, 0.3) is 6.08 Å². The van der Waals surface area contributed by atoms with Crippen LogP contribution in [0.2, 0.25) is 0 Å². The topological polar surface area (TPSA) is 40.5 Å². The second-order valence-corrected chi connectivity index (χ2v) is 5.80. The molecule has 3 nitrogen and oxygen atoms in total. The van der Waals surface area contributed by atoms with Gasteiger partial charge in [0, 0.05) is 29.3 Å². The SMILES string of the molecule is CCC1CCN(c2ccc(Br)cc2/C=C/C(=O)O)C1. The van der Waals surface area contributed by atoms with Gasteiger partial charge in [0.05, 0.1) is 0 Å². The van der Waals surface area contributed by atoms with E-state index in [1.807, 2.05) is 12.1 Å². The molecule has 102 valence electrons. The molecule has 1 atom stereocenters. The zero-order chi connectivity index (χ0) is 13.8. The van der Waals surface area contributed by atoms with E-state index < -0.39 is 5.97 Å². The molecular formula is C15H18BrNO2. The maximum atomic E-state index is 10.7. The van der Waals surface area contributed by atoms with Gasteiger partial charge in [-0.3, -0.25) is 0 Å². The molecule has 19 heavy (non-hydrogen) atoms. The lowest BCUT2D eigenvalue weighted by molar-refractivity contribution is -0.131. The number of carboxylic acid groups (broad SMARTS) is 1. The molecule has 1 heterocycles. The highest BCUT2D eigenvalue weighted by atomic mass is 79.9. The van der Waals surface area contributed by atoms with E-state index >= 15 is 0 Å². The van der Waals surface area contributed by atoms with Crippen LogP contribution >= 0.6 is 15.9 Å². The number of aliphatic carboxylic acids is 1. The van der Waals surface area contributed by atoms with Gasteiger partial charge in [-0.1, -0.05) is 29.3 Å². The Kier molecular flexibility index (Phi) is 4.64. The van der Waals surface area contributed by atoms with Gasteiger partial charge < -0.3 is 10.0 Å².